The maximum Gasteiger partial charge on any atom is 0.244 e. The van der Waals surface area contributed by atoms with Gasteiger partial charge in [-0.2, -0.15) is 0 Å². The monoisotopic (exact) mass is 185 g/mol. The molecule has 0 aromatic carbocycles. The molecule has 0 saturated heterocycles. The standard InChI is InChI=1S/C10H19NO2/c1-3-4-5-7-13-8-6-9(2)10(11)12/h2-8H2,1H3,(H2,11,12). The first kappa shape index (κ1) is 12.2. The number of rotatable bonds is 8. The molecule has 0 radical (unpaired) electrons. The van der Waals surface area contributed by atoms with E-state index in [0.717, 1.165) is 13.0 Å². The Hall–Kier alpha value is -0.830. The Bertz CT molecular complexity index is 166. The average Bonchev–Trinajstić information content (AvgIpc) is 2.10. The number of unbranched alkanes of at least 4 members (excludes halogenated alkanes) is 2. The minimum Gasteiger partial charge on any atom is -0.381 e. The topological polar surface area (TPSA) is 52.3 Å². The van der Waals surface area contributed by atoms with Crippen molar-refractivity contribution < 1.29 is 9.53 Å². The Morgan fingerprint density at radius 2 is 2.08 bits per heavy atom. The van der Waals surface area contributed by atoms with Crippen LogP contribution in [0.25, 0.3) is 0 Å². The summed E-state index contributed by atoms with van der Waals surface area (Å²) in [6.07, 6.45) is 4.01. The Kier molecular flexibility index (Phi) is 7.30. The fourth-order valence-electron chi connectivity index (χ4n) is 0.875. The highest BCUT2D eigenvalue weighted by molar-refractivity contribution is 5.91. The first-order valence-corrected chi connectivity index (χ1v) is 4.73. The van der Waals surface area contributed by atoms with Gasteiger partial charge < -0.3 is 10.5 Å². The summed E-state index contributed by atoms with van der Waals surface area (Å²) < 4.78 is 5.29. The molecule has 0 aliphatic heterocycles. The summed E-state index contributed by atoms with van der Waals surface area (Å²) >= 11 is 0. The van der Waals surface area contributed by atoms with E-state index in [1.54, 1.807) is 0 Å². The first-order chi connectivity index (χ1) is 6.18. The quantitative estimate of drug-likeness (QED) is 0.461. The van der Waals surface area contributed by atoms with Gasteiger partial charge in [-0.1, -0.05) is 26.3 Å². The van der Waals surface area contributed by atoms with Crippen molar-refractivity contribution in [1.82, 2.24) is 0 Å². The van der Waals surface area contributed by atoms with Crippen LogP contribution < -0.4 is 5.73 Å². The van der Waals surface area contributed by atoms with Gasteiger partial charge in [0.25, 0.3) is 0 Å². The zero-order valence-electron chi connectivity index (χ0n) is 8.34. The largest absolute Gasteiger partial charge is 0.381 e. The van der Waals surface area contributed by atoms with Crippen LogP contribution in [0.3, 0.4) is 0 Å². The molecule has 0 aromatic heterocycles. The van der Waals surface area contributed by atoms with Gasteiger partial charge in [0.2, 0.25) is 5.91 Å². The van der Waals surface area contributed by atoms with Crippen molar-refractivity contribution in [2.24, 2.45) is 5.73 Å². The minimum atomic E-state index is -0.433. The second kappa shape index (κ2) is 7.80. The van der Waals surface area contributed by atoms with Gasteiger partial charge in [0.1, 0.15) is 0 Å². The Morgan fingerprint density at radius 1 is 1.38 bits per heavy atom. The summed E-state index contributed by atoms with van der Waals surface area (Å²) in [6, 6.07) is 0. The Labute approximate surface area is 79.9 Å². The van der Waals surface area contributed by atoms with Gasteiger partial charge in [-0.05, 0) is 6.42 Å². The summed E-state index contributed by atoms with van der Waals surface area (Å²) in [4.78, 5) is 10.5. The summed E-state index contributed by atoms with van der Waals surface area (Å²) in [5.74, 6) is -0.433. The molecule has 76 valence electrons. The number of ether oxygens (including phenoxy) is 1. The van der Waals surface area contributed by atoms with Crippen molar-refractivity contribution in [1.29, 1.82) is 0 Å². The highest BCUT2D eigenvalue weighted by Crippen LogP contribution is 1.99. The molecule has 13 heavy (non-hydrogen) atoms. The molecule has 3 nitrogen and oxygen atoms in total. The van der Waals surface area contributed by atoms with E-state index >= 15 is 0 Å². The van der Waals surface area contributed by atoms with Gasteiger partial charge in [0, 0.05) is 18.6 Å². The lowest BCUT2D eigenvalue weighted by Gasteiger charge is -2.03. The molecule has 2 N–H and O–H groups in total. The smallest absolute Gasteiger partial charge is 0.244 e. The van der Waals surface area contributed by atoms with Crippen LogP contribution in [0.5, 0.6) is 0 Å². The molecule has 0 aliphatic carbocycles. The maximum atomic E-state index is 10.5. The number of amides is 1. The number of hydrogen-bond donors (Lipinski definition) is 1. The third-order valence-corrected chi connectivity index (χ3v) is 1.79. The Balaban J connectivity index is 3.16. The van der Waals surface area contributed by atoms with E-state index in [0.29, 0.717) is 18.6 Å². The molecule has 1 amide bonds. The van der Waals surface area contributed by atoms with Crippen molar-refractivity contribution in [2.75, 3.05) is 13.2 Å². The average molecular weight is 185 g/mol. The highest BCUT2D eigenvalue weighted by Gasteiger charge is 2.00. The molecule has 0 heterocycles. The summed E-state index contributed by atoms with van der Waals surface area (Å²) in [5, 5.41) is 0. The normalized spacial score (nSPS) is 9.92. The van der Waals surface area contributed by atoms with Crippen LogP contribution in [0, 0.1) is 0 Å². The van der Waals surface area contributed by atoms with Gasteiger partial charge in [-0.3, -0.25) is 4.79 Å². The van der Waals surface area contributed by atoms with Crippen molar-refractivity contribution in [2.45, 2.75) is 32.6 Å². The van der Waals surface area contributed by atoms with Crippen LogP contribution in [0.2, 0.25) is 0 Å². The number of hydrogen-bond acceptors (Lipinski definition) is 2. The van der Waals surface area contributed by atoms with E-state index in [9.17, 15) is 4.79 Å². The number of carbonyl (C=O) groups excluding carboxylic acids is 1. The number of nitrogens with two attached hydrogens (primary N) is 1. The molecule has 0 atom stereocenters. The molecule has 0 fully saturated rings. The van der Waals surface area contributed by atoms with E-state index in [1.807, 2.05) is 0 Å². The van der Waals surface area contributed by atoms with Crippen LogP contribution in [-0.2, 0) is 9.53 Å². The molecule has 0 rings (SSSR count). The fourth-order valence-corrected chi connectivity index (χ4v) is 0.875. The van der Waals surface area contributed by atoms with Gasteiger partial charge in [0.15, 0.2) is 0 Å². The molecule has 0 unspecified atom stereocenters. The summed E-state index contributed by atoms with van der Waals surface area (Å²) in [7, 11) is 0. The minimum absolute atomic E-state index is 0.433. The van der Waals surface area contributed by atoms with Crippen LogP contribution in [0.15, 0.2) is 12.2 Å². The van der Waals surface area contributed by atoms with Gasteiger partial charge in [0.05, 0.1) is 6.61 Å². The second-order valence-corrected chi connectivity index (χ2v) is 3.04. The first-order valence-electron chi connectivity index (χ1n) is 4.73. The predicted octanol–water partition coefficient (Wildman–Crippen LogP) is 1.62. The summed E-state index contributed by atoms with van der Waals surface area (Å²) in [6.45, 7) is 6.99. The van der Waals surface area contributed by atoms with E-state index in [4.69, 9.17) is 10.5 Å². The lowest BCUT2D eigenvalue weighted by molar-refractivity contribution is -0.114. The molecule has 0 aromatic rings. The fraction of sp³-hybridized carbons (Fsp3) is 0.700. The number of primary amides is 1. The third kappa shape index (κ3) is 7.53. The lowest BCUT2D eigenvalue weighted by atomic mass is 10.2. The van der Waals surface area contributed by atoms with Crippen LogP contribution in [0.1, 0.15) is 32.6 Å². The van der Waals surface area contributed by atoms with Crippen molar-refractivity contribution in [3.63, 3.8) is 0 Å². The molecule has 3 heteroatoms. The second-order valence-electron chi connectivity index (χ2n) is 3.04. The van der Waals surface area contributed by atoms with Crippen molar-refractivity contribution >= 4 is 5.91 Å². The van der Waals surface area contributed by atoms with Gasteiger partial charge in [-0.25, -0.2) is 0 Å². The van der Waals surface area contributed by atoms with Crippen LogP contribution in [-0.4, -0.2) is 19.1 Å². The SMILES string of the molecule is C=C(CCOCCCCC)C(N)=O. The number of carbonyl (C=O) groups is 1. The van der Waals surface area contributed by atoms with E-state index in [-0.39, 0.29) is 0 Å². The maximum absolute atomic E-state index is 10.5. The zero-order chi connectivity index (χ0) is 10.1. The van der Waals surface area contributed by atoms with Gasteiger partial charge >= 0.3 is 0 Å². The molecule has 0 aliphatic rings. The van der Waals surface area contributed by atoms with E-state index in [1.165, 1.54) is 12.8 Å². The van der Waals surface area contributed by atoms with Crippen LogP contribution >= 0.6 is 0 Å². The molecule has 0 bridgehead atoms. The predicted molar refractivity (Wildman–Crippen MR) is 53.3 cm³/mol. The van der Waals surface area contributed by atoms with Crippen molar-refractivity contribution in [3.8, 4) is 0 Å². The molecular formula is C10H19NO2. The van der Waals surface area contributed by atoms with E-state index < -0.39 is 5.91 Å². The van der Waals surface area contributed by atoms with Gasteiger partial charge in [-0.15, -0.1) is 0 Å². The zero-order valence-corrected chi connectivity index (χ0v) is 8.34. The molecule has 0 saturated carbocycles. The van der Waals surface area contributed by atoms with Crippen molar-refractivity contribution in [3.05, 3.63) is 12.2 Å². The molecule has 0 spiro atoms. The molecular weight excluding hydrogens is 166 g/mol. The third-order valence-electron chi connectivity index (χ3n) is 1.79. The Morgan fingerprint density at radius 3 is 2.62 bits per heavy atom. The lowest BCUT2D eigenvalue weighted by Crippen LogP contribution is -2.14. The highest BCUT2D eigenvalue weighted by atomic mass is 16.5. The van der Waals surface area contributed by atoms with E-state index in [2.05, 4.69) is 13.5 Å². The summed E-state index contributed by atoms with van der Waals surface area (Å²) in [5.41, 5.74) is 5.44. The van der Waals surface area contributed by atoms with Crippen LogP contribution in [0.4, 0.5) is 0 Å².